The first kappa shape index (κ1) is 14.4. The molecule has 0 bridgehead atoms. The Balaban J connectivity index is 1.34. The van der Waals surface area contributed by atoms with Crippen molar-refractivity contribution in [2.24, 2.45) is 0 Å². The minimum absolute atomic E-state index is 0.714. The first-order valence-corrected chi connectivity index (χ1v) is 8.93. The third-order valence-corrected chi connectivity index (χ3v) is 5.51. The predicted octanol–water partition coefficient (Wildman–Crippen LogP) is 1.88. The minimum Gasteiger partial charge on any atom is -0.355 e. The second-order valence-corrected chi connectivity index (χ2v) is 7.07. The molecule has 118 valence electrons. The number of rotatable bonds is 4. The van der Waals surface area contributed by atoms with E-state index in [-0.39, 0.29) is 0 Å². The third-order valence-electron chi connectivity index (χ3n) is 4.62. The van der Waals surface area contributed by atoms with E-state index in [0.717, 1.165) is 49.1 Å². The molecule has 4 rings (SSSR count). The van der Waals surface area contributed by atoms with Crippen molar-refractivity contribution in [3.05, 3.63) is 29.3 Å². The van der Waals surface area contributed by atoms with Gasteiger partial charge in [0.05, 0.1) is 10.6 Å². The number of piperazine rings is 1. The van der Waals surface area contributed by atoms with Crippen LogP contribution in [-0.2, 0) is 6.54 Å². The Bertz CT molecular complexity index is 591. The molecule has 1 unspecified atom stereocenters. The first-order valence-electron chi connectivity index (χ1n) is 8.05. The van der Waals surface area contributed by atoms with Crippen molar-refractivity contribution in [3.8, 4) is 10.6 Å². The van der Waals surface area contributed by atoms with Gasteiger partial charge >= 0.3 is 0 Å². The fourth-order valence-corrected chi connectivity index (χ4v) is 4.12. The molecule has 1 N–H and O–H groups in total. The number of nitrogens with zero attached hydrogens (tertiary/aromatic N) is 3. The van der Waals surface area contributed by atoms with Crippen LogP contribution < -0.4 is 5.32 Å². The summed E-state index contributed by atoms with van der Waals surface area (Å²) in [6.45, 7) is 7.85. The fourth-order valence-electron chi connectivity index (χ4n) is 3.45. The fraction of sp³-hybridized carbons (Fsp3) is 0.562. The van der Waals surface area contributed by atoms with Gasteiger partial charge in [0.25, 0.3) is 0 Å². The summed E-state index contributed by atoms with van der Waals surface area (Å²) in [6, 6.07) is 6.92. The largest absolute Gasteiger partial charge is 0.355 e. The summed E-state index contributed by atoms with van der Waals surface area (Å²) in [5.41, 5.74) is 1.05. The molecular formula is C16H22N4OS. The summed E-state index contributed by atoms with van der Waals surface area (Å²) in [7, 11) is 0. The molecule has 0 aliphatic carbocycles. The van der Waals surface area contributed by atoms with E-state index < -0.39 is 0 Å². The lowest BCUT2D eigenvalue weighted by Crippen LogP contribution is -2.49. The minimum atomic E-state index is 0.714. The average Bonchev–Trinajstić information content (AvgIpc) is 3.30. The third kappa shape index (κ3) is 3.10. The SMILES string of the molecule is c1csc(-c2cc(CN3CCC(N4CCNCC4)C3)no2)c1. The van der Waals surface area contributed by atoms with E-state index in [4.69, 9.17) is 4.52 Å². The number of nitrogens with one attached hydrogen (secondary N) is 1. The van der Waals surface area contributed by atoms with Gasteiger partial charge in [0.1, 0.15) is 0 Å². The Morgan fingerprint density at radius 3 is 3.05 bits per heavy atom. The van der Waals surface area contributed by atoms with Gasteiger partial charge in [0.15, 0.2) is 5.76 Å². The molecule has 4 heterocycles. The molecule has 1 atom stereocenters. The summed E-state index contributed by atoms with van der Waals surface area (Å²) in [5.74, 6) is 0.892. The molecule has 2 fully saturated rings. The van der Waals surface area contributed by atoms with Crippen LogP contribution in [-0.4, -0.2) is 60.3 Å². The van der Waals surface area contributed by atoms with Crippen LogP contribution in [0.5, 0.6) is 0 Å². The van der Waals surface area contributed by atoms with E-state index in [1.807, 2.05) is 6.07 Å². The lowest BCUT2D eigenvalue weighted by Gasteiger charge is -2.32. The Kier molecular flexibility index (Phi) is 4.25. The molecule has 22 heavy (non-hydrogen) atoms. The van der Waals surface area contributed by atoms with Crippen LogP contribution in [0.4, 0.5) is 0 Å². The van der Waals surface area contributed by atoms with Gasteiger partial charge in [-0.15, -0.1) is 11.3 Å². The normalized spacial score (nSPS) is 24.1. The highest BCUT2D eigenvalue weighted by Gasteiger charge is 2.28. The van der Waals surface area contributed by atoms with E-state index in [1.54, 1.807) is 11.3 Å². The number of thiophene rings is 1. The predicted molar refractivity (Wildman–Crippen MR) is 87.9 cm³/mol. The highest BCUT2D eigenvalue weighted by molar-refractivity contribution is 7.13. The van der Waals surface area contributed by atoms with Crippen LogP contribution in [0.1, 0.15) is 12.1 Å². The van der Waals surface area contributed by atoms with Gasteiger partial charge in [-0.05, 0) is 17.9 Å². The van der Waals surface area contributed by atoms with E-state index >= 15 is 0 Å². The summed E-state index contributed by atoms with van der Waals surface area (Å²) >= 11 is 1.69. The maximum Gasteiger partial charge on any atom is 0.177 e. The Morgan fingerprint density at radius 2 is 2.23 bits per heavy atom. The quantitative estimate of drug-likeness (QED) is 0.932. The van der Waals surface area contributed by atoms with Crippen LogP contribution in [0.2, 0.25) is 0 Å². The molecule has 0 saturated carbocycles. The van der Waals surface area contributed by atoms with Crippen LogP contribution >= 0.6 is 11.3 Å². The van der Waals surface area contributed by atoms with Gasteiger partial charge in [-0.1, -0.05) is 11.2 Å². The molecule has 0 amide bonds. The second kappa shape index (κ2) is 6.50. The molecule has 2 aromatic heterocycles. The van der Waals surface area contributed by atoms with Crippen molar-refractivity contribution in [2.45, 2.75) is 19.0 Å². The Morgan fingerprint density at radius 1 is 1.32 bits per heavy atom. The van der Waals surface area contributed by atoms with Crippen LogP contribution in [0.3, 0.4) is 0 Å². The smallest absolute Gasteiger partial charge is 0.177 e. The Hall–Kier alpha value is -1.21. The van der Waals surface area contributed by atoms with Gasteiger partial charge in [0.2, 0.25) is 0 Å². The summed E-state index contributed by atoms with van der Waals surface area (Å²) < 4.78 is 5.48. The first-order chi connectivity index (χ1) is 10.9. The van der Waals surface area contributed by atoms with Crippen molar-refractivity contribution >= 4 is 11.3 Å². The summed E-state index contributed by atoms with van der Waals surface area (Å²) in [4.78, 5) is 6.29. The molecule has 6 heteroatoms. The number of likely N-dealkylation sites (tertiary alicyclic amines) is 1. The topological polar surface area (TPSA) is 44.5 Å². The number of aromatic nitrogens is 1. The van der Waals surface area contributed by atoms with Crippen molar-refractivity contribution in [3.63, 3.8) is 0 Å². The maximum absolute atomic E-state index is 5.48. The summed E-state index contributed by atoms with van der Waals surface area (Å²) in [6.07, 6.45) is 1.27. The average molecular weight is 318 g/mol. The zero-order valence-electron chi connectivity index (χ0n) is 12.7. The van der Waals surface area contributed by atoms with E-state index in [2.05, 4.69) is 37.8 Å². The highest BCUT2D eigenvalue weighted by atomic mass is 32.1. The van der Waals surface area contributed by atoms with Gasteiger partial charge in [-0.2, -0.15) is 0 Å². The highest BCUT2D eigenvalue weighted by Crippen LogP contribution is 2.26. The molecule has 0 radical (unpaired) electrons. The lowest BCUT2D eigenvalue weighted by atomic mass is 10.2. The zero-order chi connectivity index (χ0) is 14.8. The van der Waals surface area contributed by atoms with Crippen LogP contribution in [0.15, 0.2) is 28.1 Å². The monoisotopic (exact) mass is 318 g/mol. The van der Waals surface area contributed by atoms with Gasteiger partial charge in [-0.25, -0.2) is 0 Å². The van der Waals surface area contributed by atoms with Crippen molar-refractivity contribution in [1.82, 2.24) is 20.3 Å². The van der Waals surface area contributed by atoms with Crippen molar-refractivity contribution in [2.75, 3.05) is 39.3 Å². The molecule has 2 aliphatic heterocycles. The second-order valence-electron chi connectivity index (χ2n) is 6.12. The maximum atomic E-state index is 5.48. The standard InChI is InChI=1S/C16H22N4OS/c1-2-16(22-9-1)15-10-13(18-21-15)11-19-6-3-14(12-19)20-7-4-17-5-8-20/h1-2,9-10,14,17H,3-8,11-12H2. The molecule has 0 spiro atoms. The van der Waals surface area contributed by atoms with Gasteiger partial charge in [0, 0.05) is 57.9 Å². The molecule has 2 aliphatic rings. The zero-order valence-corrected chi connectivity index (χ0v) is 13.5. The Labute approximate surface area is 134 Å². The molecule has 0 aromatic carbocycles. The van der Waals surface area contributed by atoms with E-state index in [0.29, 0.717) is 6.04 Å². The number of hydrogen-bond acceptors (Lipinski definition) is 6. The number of hydrogen-bond donors (Lipinski definition) is 1. The summed E-state index contributed by atoms with van der Waals surface area (Å²) in [5, 5.41) is 9.73. The van der Waals surface area contributed by atoms with Crippen molar-refractivity contribution in [1.29, 1.82) is 0 Å². The van der Waals surface area contributed by atoms with E-state index in [1.165, 1.54) is 19.5 Å². The molecule has 5 nitrogen and oxygen atoms in total. The molecule has 2 aromatic rings. The van der Waals surface area contributed by atoms with Crippen molar-refractivity contribution < 1.29 is 4.52 Å². The lowest BCUT2D eigenvalue weighted by molar-refractivity contribution is 0.170. The molecular weight excluding hydrogens is 296 g/mol. The van der Waals surface area contributed by atoms with E-state index in [9.17, 15) is 0 Å². The van der Waals surface area contributed by atoms with Crippen LogP contribution in [0, 0.1) is 0 Å². The molecule has 2 saturated heterocycles. The van der Waals surface area contributed by atoms with Gasteiger partial charge < -0.3 is 9.84 Å². The van der Waals surface area contributed by atoms with Gasteiger partial charge in [-0.3, -0.25) is 9.80 Å². The van der Waals surface area contributed by atoms with Crippen LogP contribution in [0.25, 0.3) is 10.6 Å².